The van der Waals surface area contributed by atoms with E-state index in [4.69, 9.17) is 0 Å². The van der Waals surface area contributed by atoms with Crippen molar-refractivity contribution >= 4 is 23.5 Å². The molecule has 3 N–H and O–H groups in total. The average molecular weight is 315 g/mol. The fraction of sp³-hybridized carbons (Fsp3) is 0.333. The molecule has 1 aliphatic heterocycles. The molecule has 8 heteroatoms. The number of aromatic nitrogens is 2. The minimum absolute atomic E-state index is 0.0942. The van der Waals surface area contributed by atoms with E-state index in [0.717, 1.165) is 22.6 Å². The number of urea groups is 1. The molecule has 3 rings (SSSR count). The van der Waals surface area contributed by atoms with Gasteiger partial charge in [-0.2, -0.15) is 0 Å². The standard InChI is InChI=1S/C15H17N5O3/c1-8-3-9(2)20-7-10(17-12(20)4-8)6-16-13(21)5-11-14(22)19-15(23)18-11/h3-4,7,11H,5-6H2,1-2H3,(H,16,21)(H2,18,19,22,23)/t11-/m1/s1. The van der Waals surface area contributed by atoms with Crippen molar-refractivity contribution in [2.45, 2.75) is 32.9 Å². The van der Waals surface area contributed by atoms with E-state index in [9.17, 15) is 14.4 Å². The molecule has 120 valence electrons. The molecule has 0 radical (unpaired) electrons. The van der Waals surface area contributed by atoms with Crippen LogP contribution < -0.4 is 16.0 Å². The van der Waals surface area contributed by atoms with Gasteiger partial charge >= 0.3 is 6.03 Å². The van der Waals surface area contributed by atoms with Crippen molar-refractivity contribution in [3.05, 3.63) is 35.3 Å². The quantitative estimate of drug-likeness (QED) is 0.699. The number of hydrogen-bond acceptors (Lipinski definition) is 4. The molecule has 1 saturated heterocycles. The van der Waals surface area contributed by atoms with Gasteiger partial charge in [0, 0.05) is 11.9 Å². The van der Waals surface area contributed by atoms with E-state index in [1.54, 1.807) is 0 Å². The lowest BCUT2D eigenvalue weighted by atomic mass is 10.2. The van der Waals surface area contributed by atoms with Crippen molar-refractivity contribution in [3.63, 3.8) is 0 Å². The molecule has 2 aromatic rings. The fourth-order valence-electron chi connectivity index (χ4n) is 2.61. The fourth-order valence-corrected chi connectivity index (χ4v) is 2.61. The number of hydrogen-bond donors (Lipinski definition) is 3. The first-order valence-corrected chi connectivity index (χ1v) is 7.25. The van der Waals surface area contributed by atoms with Gasteiger partial charge in [-0.25, -0.2) is 9.78 Å². The molecule has 0 bridgehead atoms. The van der Waals surface area contributed by atoms with Gasteiger partial charge in [0.25, 0.3) is 5.91 Å². The van der Waals surface area contributed by atoms with Gasteiger partial charge in [-0.15, -0.1) is 0 Å². The summed E-state index contributed by atoms with van der Waals surface area (Å²) in [5, 5.41) is 7.19. The van der Waals surface area contributed by atoms with Gasteiger partial charge in [0.1, 0.15) is 11.7 Å². The highest BCUT2D eigenvalue weighted by atomic mass is 16.2. The number of imidazole rings is 1. The summed E-state index contributed by atoms with van der Waals surface area (Å²) in [4.78, 5) is 38.7. The highest BCUT2D eigenvalue weighted by Crippen LogP contribution is 2.11. The average Bonchev–Trinajstić information content (AvgIpc) is 3.00. The van der Waals surface area contributed by atoms with Crippen molar-refractivity contribution < 1.29 is 14.4 Å². The summed E-state index contributed by atoms with van der Waals surface area (Å²) in [5.41, 5.74) is 3.75. The Hall–Kier alpha value is -2.90. The second-order valence-corrected chi connectivity index (χ2v) is 5.63. The number of nitrogens with zero attached hydrogens (tertiary/aromatic N) is 2. The van der Waals surface area contributed by atoms with E-state index >= 15 is 0 Å². The van der Waals surface area contributed by atoms with Crippen LogP contribution in [0.5, 0.6) is 0 Å². The Bertz CT molecular complexity index is 811. The molecule has 0 unspecified atom stereocenters. The van der Waals surface area contributed by atoms with Gasteiger partial charge in [0.05, 0.1) is 18.7 Å². The summed E-state index contributed by atoms with van der Waals surface area (Å²) in [7, 11) is 0. The molecule has 0 aliphatic carbocycles. The van der Waals surface area contributed by atoms with Gasteiger partial charge < -0.3 is 15.0 Å². The van der Waals surface area contributed by atoms with E-state index < -0.39 is 18.0 Å². The zero-order chi connectivity index (χ0) is 16.6. The maximum absolute atomic E-state index is 11.9. The van der Waals surface area contributed by atoms with E-state index in [-0.39, 0.29) is 18.9 Å². The number of pyridine rings is 1. The molecule has 0 saturated carbocycles. The Kier molecular flexibility index (Phi) is 3.73. The minimum atomic E-state index is -0.812. The van der Waals surface area contributed by atoms with Gasteiger partial charge in [0.15, 0.2) is 0 Å². The minimum Gasteiger partial charge on any atom is -0.350 e. The molecule has 8 nitrogen and oxygen atoms in total. The lowest BCUT2D eigenvalue weighted by Gasteiger charge is -2.07. The number of fused-ring (bicyclic) bond motifs is 1. The third-order valence-corrected chi connectivity index (χ3v) is 3.67. The molecule has 2 aromatic heterocycles. The van der Waals surface area contributed by atoms with Crippen molar-refractivity contribution in [2.75, 3.05) is 0 Å². The Morgan fingerprint density at radius 2 is 2.13 bits per heavy atom. The maximum Gasteiger partial charge on any atom is 0.322 e. The molecule has 1 aliphatic rings. The van der Waals surface area contributed by atoms with Crippen LogP contribution in [0.3, 0.4) is 0 Å². The topological polar surface area (TPSA) is 105 Å². The first-order valence-electron chi connectivity index (χ1n) is 7.25. The van der Waals surface area contributed by atoms with Crippen molar-refractivity contribution in [1.82, 2.24) is 25.3 Å². The Morgan fingerprint density at radius 1 is 1.35 bits per heavy atom. The van der Waals surface area contributed by atoms with E-state index in [0.29, 0.717) is 0 Å². The molecule has 1 atom stereocenters. The molecule has 0 aromatic carbocycles. The van der Waals surface area contributed by atoms with Crippen LogP contribution in [-0.2, 0) is 16.1 Å². The predicted octanol–water partition coefficient (Wildman–Crippen LogP) is 0.165. The summed E-state index contributed by atoms with van der Waals surface area (Å²) in [5.74, 6) is -0.804. The Balaban J connectivity index is 1.62. The van der Waals surface area contributed by atoms with Gasteiger partial charge in [-0.1, -0.05) is 0 Å². The number of aryl methyl sites for hydroxylation is 2. The predicted molar refractivity (Wildman–Crippen MR) is 81.6 cm³/mol. The number of rotatable bonds is 4. The number of carbonyl (C=O) groups is 3. The molecule has 3 heterocycles. The monoisotopic (exact) mass is 315 g/mol. The molecule has 0 spiro atoms. The molecular weight excluding hydrogens is 298 g/mol. The summed E-state index contributed by atoms with van der Waals surface area (Å²) in [6.07, 6.45) is 1.78. The smallest absolute Gasteiger partial charge is 0.322 e. The van der Waals surface area contributed by atoms with Crippen LogP contribution >= 0.6 is 0 Å². The van der Waals surface area contributed by atoms with Crippen molar-refractivity contribution in [2.24, 2.45) is 0 Å². The summed E-state index contributed by atoms with van der Waals surface area (Å²) >= 11 is 0. The normalized spacial score (nSPS) is 17.2. The summed E-state index contributed by atoms with van der Waals surface area (Å²) in [6.45, 7) is 4.26. The molecular formula is C15H17N5O3. The number of imide groups is 1. The Morgan fingerprint density at radius 3 is 2.83 bits per heavy atom. The van der Waals surface area contributed by atoms with Crippen LogP contribution in [0.2, 0.25) is 0 Å². The van der Waals surface area contributed by atoms with Crippen LogP contribution in [-0.4, -0.2) is 33.3 Å². The SMILES string of the molecule is Cc1cc(C)n2cc(CNC(=O)C[C@H]3NC(=O)NC3=O)nc2c1. The van der Waals surface area contributed by atoms with Gasteiger partial charge in [-0.05, 0) is 31.5 Å². The first kappa shape index (κ1) is 15.0. The second kappa shape index (κ2) is 5.71. The van der Waals surface area contributed by atoms with Crippen molar-refractivity contribution in [1.29, 1.82) is 0 Å². The third-order valence-electron chi connectivity index (χ3n) is 3.67. The number of carbonyl (C=O) groups excluding carboxylic acids is 3. The number of nitrogens with one attached hydrogen (secondary N) is 3. The summed E-state index contributed by atoms with van der Waals surface area (Å²) < 4.78 is 1.96. The highest BCUT2D eigenvalue weighted by molar-refractivity contribution is 6.05. The lowest BCUT2D eigenvalue weighted by Crippen LogP contribution is -2.36. The number of amides is 4. The lowest BCUT2D eigenvalue weighted by molar-refractivity contribution is -0.126. The maximum atomic E-state index is 11.9. The Labute approximate surface area is 132 Å². The van der Waals surface area contributed by atoms with Crippen molar-refractivity contribution in [3.8, 4) is 0 Å². The van der Waals surface area contributed by atoms with Crippen LogP contribution in [0.1, 0.15) is 23.4 Å². The van der Waals surface area contributed by atoms with Crippen LogP contribution in [0.4, 0.5) is 4.79 Å². The van der Waals surface area contributed by atoms with E-state index in [2.05, 4.69) is 27.0 Å². The van der Waals surface area contributed by atoms with Gasteiger partial charge in [0.2, 0.25) is 5.91 Å². The summed E-state index contributed by atoms with van der Waals surface area (Å²) in [6, 6.07) is 2.64. The highest BCUT2D eigenvalue weighted by Gasteiger charge is 2.31. The zero-order valence-corrected chi connectivity index (χ0v) is 12.8. The van der Waals surface area contributed by atoms with Crippen LogP contribution in [0, 0.1) is 13.8 Å². The molecule has 23 heavy (non-hydrogen) atoms. The van der Waals surface area contributed by atoms with Crippen LogP contribution in [0.25, 0.3) is 5.65 Å². The van der Waals surface area contributed by atoms with E-state index in [1.165, 1.54) is 0 Å². The largest absolute Gasteiger partial charge is 0.350 e. The zero-order valence-electron chi connectivity index (χ0n) is 12.8. The first-order chi connectivity index (χ1) is 10.9. The second-order valence-electron chi connectivity index (χ2n) is 5.63. The molecule has 4 amide bonds. The van der Waals surface area contributed by atoms with E-state index in [1.807, 2.05) is 30.5 Å². The molecule has 1 fully saturated rings. The van der Waals surface area contributed by atoms with Crippen LogP contribution in [0.15, 0.2) is 18.3 Å². The third kappa shape index (κ3) is 3.15. The van der Waals surface area contributed by atoms with Gasteiger partial charge in [-0.3, -0.25) is 14.9 Å².